The highest BCUT2D eigenvalue weighted by molar-refractivity contribution is 9.10. The third-order valence-corrected chi connectivity index (χ3v) is 3.85. The molecule has 0 aliphatic rings. The molecule has 1 aromatic carbocycles. The molecule has 0 bridgehead atoms. The molecule has 0 saturated heterocycles. The Morgan fingerprint density at radius 1 is 1.09 bits per heavy atom. The minimum absolute atomic E-state index is 0.0992. The molecular weight excluding hydrogens is 348 g/mol. The Balaban J connectivity index is 1.93. The molecule has 0 unspecified atom stereocenters. The van der Waals surface area contributed by atoms with E-state index in [1.165, 1.54) is 0 Å². The Hall–Kier alpha value is -2.08. The minimum atomic E-state index is -0.308. The number of benzene rings is 1. The van der Waals surface area contributed by atoms with Crippen LogP contribution >= 0.6 is 15.9 Å². The summed E-state index contributed by atoms with van der Waals surface area (Å²) < 4.78 is 6.34. The average molecular weight is 365 g/mol. The molecule has 22 heavy (non-hydrogen) atoms. The Morgan fingerprint density at radius 2 is 1.73 bits per heavy atom. The summed E-state index contributed by atoms with van der Waals surface area (Å²) in [4.78, 5) is 24.0. The number of nitrogens with one attached hydrogen (secondary N) is 2. The third-order valence-electron chi connectivity index (χ3n) is 3.33. The molecule has 0 fully saturated rings. The van der Waals surface area contributed by atoms with Crippen molar-refractivity contribution in [1.29, 1.82) is 0 Å². The Morgan fingerprint density at radius 3 is 2.27 bits per heavy atom. The second-order valence-electron chi connectivity index (χ2n) is 4.95. The van der Waals surface area contributed by atoms with Crippen molar-refractivity contribution in [1.82, 2.24) is 5.32 Å². The highest BCUT2D eigenvalue weighted by atomic mass is 79.9. The number of furan rings is 1. The Labute approximate surface area is 137 Å². The summed E-state index contributed by atoms with van der Waals surface area (Å²) in [5.74, 6) is 0.673. The van der Waals surface area contributed by atoms with Crippen molar-refractivity contribution in [3.8, 4) is 0 Å². The number of rotatable bonds is 4. The number of carbonyl (C=O) groups excluding carboxylic acids is 2. The SMILES string of the molecule is Cc1oc(C)c(C(=O)NCC(=O)Nc2ccc(Br)cc2)c1C. The van der Waals surface area contributed by atoms with Crippen LogP contribution in [0.4, 0.5) is 5.69 Å². The highest BCUT2D eigenvalue weighted by Crippen LogP contribution is 2.20. The lowest BCUT2D eigenvalue weighted by Crippen LogP contribution is -2.33. The summed E-state index contributed by atoms with van der Waals surface area (Å²) in [6, 6.07) is 7.21. The molecule has 2 N–H and O–H groups in total. The van der Waals surface area contributed by atoms with Gasteiger partial charge in [0.15, 0.2) is 0 Å². The lowest BCUT2D eigenvalue weighted by atomic mass is 10.1. The van der Waals surface area contributed by atoms with Crippen LogP contribution in [0.15, 0.2) is 33.2 Å². The van der Waals surface area contributed by atoms with Gasteiger partial charge in [0.2, 0.25) is 5.91 Å². The van der Waals surface area contributed by atoms with Crippen molar-refractivity contribution in [3.63, 3.8) is 0 Å². The van der Waals surface area contributed by atoms with E-state index in [4.69, 9.17) is 4.42 Å². The van der Waals surface area contributed by atoms with Gasteiger partial charge in [-0.2, -0.15) is 0 Å². The monoisotopic (exact) mass is 364 g/mol. The van der Waals surface area contributed by atoms with Gasteiger partial charge < -0.3 is 15.1 Å². The van der Waals surface area contributed by atoms with Crippen molar-refractivity contribution >= 4 is 33.4 Å². The van der Waals surface area contributed by atoms with E-state index >= 15 is 0 Å². The number of halogens is 1. The maximum absolute atomic E-state index is 12.1. The summed E-state index contributed by atoms with van der Waals surface area (Å²) in [5.41, 5.74) is 1.96. The molecular formula is C16H17BrN2O3. The normalized spacial score (nSPS) is 10.4. The first-order chi connectivity index (χ1) is 10.4. The zero-order valence-electron chi connectivity index (χ0n) is 12.6. The summed E-state index contributed by atoms with van der Waals surface area (Å²) in [6.45, 7) is 5.26. The molecule has 5 nitrogen and oxygen atoms in total. The van der Waals surface area contributed by atoms with Gasteiger partial charge in [-0.1, -0.05) is 15.9 Å². The summed E-state index contributed by atoms with van der Waals surface area (Å²) in [6.07, 6.45) is 0. The van der Waals surface area contributed by atoms with E-state index in [0.717, 1.165) is 10.0 Å². The fourth-order valence-electron chi connectivity index (χ4n) is 2.11. The second kappa shape index (κ2) is 6.79. The number of amides is 2. The summed E-state index contributed by atoms with van der Waals surface area (Å²) in [7, 11) is 0. The van der Waals surface area contributed by atoms with E-state index in [-0.39, 0.29) is 18.4 Å². The van der Waals surface area contributed by atoms with Gasteiger partial charge in [-0.25, -0.2) is 0 Å². The van der Waals surface area contributed by atoms with Crippen LogP contribution in [0.5, 0.6) is 0 Å². The van der Waals surface area contributed by atoms with Gasteiger partial charge in [0.25, 0.3) is 5.91 Å². The number of anilines is 1. The van der Waals surface area contributed by atoms with Gasteiger partial charge in [0.05, 0.1) is 12.1 Å². The van der Waals surface area contributed by atoms with Gasteiger partial charge in [-0.05, 0) is 45.0 Å². The van der Waals surface area contributed by atoms with Crippen LogP contribution in [-0.4, -0.2) is 18.4 Å². The standard InChI is InChI=1S/C16H17BrN2O3/c1-9-10(2)22-11(3)15(9)16(21)18-8-14(20)19-13-6-4-12(17)5-7-13/h4-7H,8H2,1-3H3,(H,18,21)(H,19,20). The van der Waals surface area contributed by atoms with E-state index in [0.29, 0.717) is 22.8 Å². The largest absolute Gasteiger partial charge is 0.466 e. The van der Waals surface area contributed by atoms with E-state index in [1.54, 1.807) is 26.0 Å². The smallest absolute Gasteiger partial charge is 0.255 e. The van der Waals surface area contributed by atoms with Gasteiger partial charge in [-0.15, -0.1) is 0 Å². The van der Waals surface area contributed by atoms with E-state index in [9.17, 15) is 9.59 Å². The van der Waals surface area contributed by atoms with Gasteiger partial charge in [0, 0.05) is 15.7 Å². The molecule has 0 radical (unpaired) electrons. The van der Waals surface area contributed by atoms with E-state index < -0.39 is 0 Å². The molecule has 6 heteroatoms. The molecule has 2 amide bonds. The predicted molar refractivity (Wildman–Crippen MR) is 88.0 cm³/mol. The van der Waals surface area contributed by atoms with Crippen LogP contribution < -0.4 is 10.6 Å². The zero-order valence-corrected chi connectivity index (χ0v) is 14.2. The van der Waals surface area contributed by atoms with Crippen LogP contribution in [0.1, 0.15) is 27.4 Å². The molecule has 0 spiro atoms. The van der Waals surface area contributed by atoms with Crippen molar-refractivity contribution in [2.75, 3.05) is 11.9 Å². The molecule has 0 saturated carbocycles. The van der Waals surface area contributed by atoms with Crippen LogP contribution in [0.3, 0.4) is 0 Å². The number of hydrogen-bond acceptors (Lipinski definition) is 3. The van der Waals surface area contributed by atoms with E-state index in [2.05, 4.69) is 26.6 Å². The van der Waals surface area contributed by atoms with Gasteiger partial charge >= 0.3 is 0 Å². The number of aryl methyl sites for hydroxylation is 2. The fourth-order valence-corrected chi connectivity index (χ4v) is 2.38. The first-order valence-corrected chi connectivity index (χ1v) is 7.58. The van der Waals surface area contributed by atoms with E-state index in [1.807, 2.05) is 19.1 Å². The summed E-state index contributed by atoms with van der Waals surface area (Å²) >= 11 is 3.32. The quantitative estimate of drug-likeness (QED) is 0.873. The lowest BCUT2D eigenvalue weighted by Gasteiger charge is -2.07. The first-order valence-electron chi connectivity index (χ1n) is 6.78. The van der Waals surface area contributed by atoms with Crippen molar-refractivity contribution < 1.29 is 14.0 Å². The third kappa shape index (κ3) is 3.76. The van der Waals surface area contributed by atoms with Crippen LogP contribution in [0, 0.1) is 20.8 Å². The molecule has 0 atom stereocenters. The van der Waals surface area contributed by atoms with Crippen molar-refractivity contribution in [2.45, 2.75) is 20.8 Å². The maximum atomic E-state index is 12.1. The summed E-state index contributed by atoms with van der Waals surface area (Å²) in [5, 5.41) is 5.32. The molecule has 2 aromatic rings. The molecule has 1 heterocycles. The van der Waals surface area contributed by atoms with Gasteiger partial charge in [0.1, 0.15) is 11.5 Å². The highest BCUT2D eigenvalue weighted by Gasteiger charge is 2.18. The maximum Gasteiger partial charge on any atom is 0.255 e. The zero-order chi connectivity index (χ0) is 16.3. The molecule has 0 aliphatic carbocycles. The lowest BCUT2D eigenvalue weighted by molar-refractivity contribution is -0.115. The molecule has 1 aromatic heterocycles. The number of hydrogen-bond donors (Lipinski definition) is 2. The minimum Gasteiger partial charge on any atom is -0.466 e. The fraction of sp³-hybridized carbons (Fsp3) is 0.250. The number of carbonyl (C=O) groups is 2. The first kappa shape index (κ1) is 16.3. The Kier molecular flexibility index (Phi) is 5.03. The van der Waals surface area contributed by atoms with Gasteiger partial charge in [-0.3, -0.25) is 9.59 Å². The molecule has 116 valence electrons. The predicted octanol–water partition coefficient (Wildman–Crippen LogP) is 3.34. The average Bonchev–Trinajstić information content (AvgIpc) is 2.72. The van der Waals surface area contributed by atoms with Crippen molar-refractivity contribution in [2.24, 2.45) is 0 Å². The molecule has 0 aliphatic heterocycles. The van der Waals surface area contributed by atoms with Crippen LogP contribution in [0.25, 0.3) is 0 Å². The second-order valence-corrected chi connectivity index (χ2v) is 5.87. The Bertz CT molecular complexity index is 705. The van der Waals surface area contributed by atoms with Crippen LogP contribution in [-0.2, 0) is 4.79 Å². The van der Waals surface area contributed by atoms with Crippen molar-refractivity contribution in [3.05, 3.63) is 51.4 Å². The van der Waals surface area contributed by atoms with Crippen LogP contribution in [0.2, 0.25) is 0 Å². The topological polar surface area (TPSA) is 71.3 Å². The molecule has 2 rings (SSSR count).